The van der Waals surface area contributed by atoms with Gasteiger partial charge in [-0.1, -0.05) is 6.07 Å². The fourth-order valence-electron chi connectivity index (χ4n) is 1.35. The van der Waals surface area contributed by atoms with Crippen LogP contribution in [0.25, 0.3) is 0 Å². The van der Waals surface area contributed by atoms with Gasteiger partial charge in [-0.05, 0) is 19.1 Å². The average Bonchev–Trinajstić information content (AvgIpc) is 2.15. The maximum absolute atomic E-state index is 13.3. The van der Waals surface area contributed by atoms with Crippen molar-refractivity contribution in [3.63, 3.8) is 0 Å². The first-order chi connectivity index (χ1) is 7.91. The van der Waals surface area contributed by atoms with Crippen molar-refractivity contribution in [2.24, 2.45) is 5.73 Å². The number of halogens is 1. The molecule has 0 saturated carbocycles. The third-order valence-electron chi connectivity index (χ3n) is 2.01. The second kappa shape index (κ2) is 5.29. The molecular formula is C11H12FNO4. The summed E-state index contributed by atoms with van der Waals surface area (Å²) >= 11 is 0. The maximum atomic E-state index is 13.3. The highest BCUT2D eigenvalue weighted by molar-refractivity contribution is 5.95. The molecule has 1 aromatic carbocycles. The summed E-state index contributed by atoms with van der Waals surface area (Å²) in [6.07, 6.45) is -0.943. The summed E-state index contributed by atoms with van der Waals surface area (Å²) in [5.74, 6) is -2.85. The molecule has 0 aromatic heterocycles. The monoisotopic (exact) mass is 241 g/mol. The van der Waals surface area contributed by atoms with E-state index in [9.17, 15) is 14.0 Å². The Balaban J connectivity index is 2.94. The van der Waals surface area contributed by atoms with Crippen LogP contribution in [0.2, 0.25) is 0 Å². The third kappa shape index (κ3) is 3.44. The summed E-state index contributed by atoms with van der Waals surface area (Å²) in [5, 5.41) is 8.55. The van der Waals surface area contributed by atoms with Crippen LogP contribution in [-0.2, 0) is 4.79 Å². The van der Waals surface area contributed by atoms with Crippen molar-refractivity contribution >= 4 is 11.9 Å². The largest absolute Gasteiger partial charge is 0.489 e. The summed E-state index contributed by atoms with van der Waals surface area (Å²) in [5.41, 5.74) is 4.65. The predicted octanol–water partition coefficient (Wildman–Crippen LogP) is 1.17. The second-order valence-corrected chi connectivity index (χ2v) is 3.50. The first-order valence-corrected chi connectivity index (χ1v) is 4.88. The number of nitrogens with two attached hydrogens (primary N) is 1. The normalized spacial score (nSPS) is 11.9. The Morgan fingerprint density at radius 3 is 2.71 bits per heavy atom. The van der Waals surface area contributed by atoms with E-state index in [0.717, 1.165) is 6.07 Å². The molecule has 0 radical (unpaired) electrons. The Kier molecular flexibility index (Phi) is 4.03. The number of rotatable bonds is 5. The molecule has 1 aromatic rings. The molecule has 0 saturated heterocycles. The highest BCUT2D eigenvalue weighted by Gasteiger charge is 2.18. The van der Waals surface area contributed by atoms with E-state index in [4.69, 9.17) is 15.6 Å². The average molecular weight is 241 g/mol. The number of carbonyl (C=O) groups is 2. The molecule has 0 heterocycles. The SMILES string of the molecule is C[C@H](CC(=O)O)Oc1cccc(F)c1C(N)=O. The first-order valence-electron chi connectivity index (χ1n) is 4.88. The number of benzene rings is 1. The molecule has 1 amide bonds. The molecule has 0 fully saturated rings. The first kappa shape index (κ1) is 13.0. The van der Waals surface area contributed by atoms with Crippen LogP contribution in [0, 0.1) is 5.82 Å². The van der Waals surface area contributed by atoms with E-state index in [0.29, 0.717) is 0 Å². The summed E-state index contributed by atoms with van der Waals surface area (Å²) in [6, 6.07) is 3.79. The molecule has 17 heavy (non-hydrogen) atoms. The Morgan fingerprint density at radius 1 is 1.53 bits per heavy atom. The summed E-state index contributed by atoms with van der Waals surface area (Å²) in [7, 11) is 0. The zero-order valence-electron chi connectivity index (χ0n) is 9.14. The lowest BCUT2D eigenvalue weighted by atomic mass is 10.1. The van der Waals surface area contributed by atoms with E-state index >= 15 is 0 Å². The van der Waals surface area contributed by atoms with Crippen LogP contribution in [0.4, 0.5) is 4.39 Å². The minimum atomic E-state index is -1.05. The second-order valence-electron chi connectivity index (χ2n) is 3.50. The summed E-state index contributed by atoms with van der Waals surface area (Å²) in [4.78, 5) is 21.5. The summed E-state index contributed by atoms with van der Waals surface area (Å²) in [6.45, 7) is 1.50. The molecule has 5 nitrogen and oxygen atoms in total. The maximum Gasteiger partial charge on any atom is 0.307 e. The van der Waals surface area contributed by atoms with Crippen LogP contribution in [-0.4, -0.2) is 23.1 Å². The van der Waals surface area contributed by atoms with Gasteiger partial charge in [0.25, 0.3) is 5.91 Å². The molecule has 1 rings (SSSR count). The number of carboxylic acids is 1. The van der Waals surface area contributed by atoms with E-state index in [2.05, 4.69) is 0 Å². The van der Waals surface area contributed by atoms with Gasteiger partial charge in [-0.2, -0.15) is 0 Å². The standard InChI is InChI=1S/C11H12FNO4/c1-6(5-9(14)15)17-8-4-2-3-7(12)10(8)11(13)16/h2-4,6H,5H2,1H3,(H2,13,16)(H,14,15)/t6-/m1/s1. The van der Waals surface area contributed by atoms with E-state index < -0.39 is 23.8 Å². The fourth-order valence-corrected chi connectivity index (χ4v) is 1.35. The van der Waals surface area contributed by atoms with Crippen LogP contribution >= 0.6 is 0 Å². The van der Waals surface area contributed by atoms with Crippen molar-refractivity contribution in [3.8, 4) is 5.75 Å². The quantitative estimate of drug-likeness (QED) is 0.809. The van der Waals surface area contributed by atoms with Gasteiger partial charge in [0.1, 0.15) is 23.2 Å². The number of carboxylic acid groups (broad SMARTS) is 1. The topological polar surface area (TPSA) is 89.6 Å². The number of hydrogen-bond acceptors (Lipinski definition) is 3. The molecule has 0 spiro atoms. The lowest BCUT2D eigenvalue weighted by Gasteiger charge is -2.15. The Morgan fingerprint density at radius 2 is 2.18 bits per heavy atom. The molecule has 0 aliphatic rings. The number of carbonyl (C=O) groups excluding carboxylic acids is 1. The summed E-state index contributed by atoms with van der Waals surface area (Å²) < 4.78 is 18.5. The van der Waals surface area contributed by atoms with Crippen molar-refractivity contribution in [2.45, 2.75) is 19.4 Å². The third-order valence-corrected chi connectivity index (χ3v) is 2.01. The Labute approximate surface area is 97.0 Å². The van der Waals surface area contributed by atoms with E-state index in [1.54, 1.807) is 0 Å². The van der Waals surface area contributed by atoms with Gasteiger partial charge in [0.15, 0.2) is 0 Å². The molecule has 92 valence electrons. The number of aliphatic carboxylic acids is 1. The number of hydrogen-bond donors (Lipinski definition) is 2. The van der Waals surface area contributed by atoms with Gasteiger partial charge in [0.2, 0.25) is 0 Å². The smallest absolute Gasteiger partial charge is 0.307 e. The van der Waals surface area contributed by atoms with E-state index in [1.165, 1.54) is 19.1 Å². The molecule has 3 N–H and O–H groups in total. The zero-order valence-corrected chi connectivity index (χ0v) is 9.14. The molecule has 0 aliphatic heterocycles. The number of amides is 1. The van der Waals surface area contributed by atoms with Gasteiger partial charge < -0.3 is 15.6 Å². The zero-order chi connectivity index (χ0) is 13.0. The van der Waals surface area contributed by atoms with Crippen LogP contribution in [0.5, 0.6) is 5.75 Å². The molecule has 1 atom stereocenters. The lowest BCUT2D eigenvalue weighted by molar-refractivity contribution is -0.138. The highest BCUT2D eigenvalue weighted by Crippen LogP contribution is 2.22. The van der Waals surface area contributed by atoms with E-state index in [-0.39, 0.29) is 17.7 Å². The molecule has 0 unspecified atom stereocenters. The van der Waals surface area contributed by atoms with Crippen molar-refractivity contribution in [3.05, 3.63) is 29.6 Å². The van der Waals surface area contributed by atoms with Crippen LogP contribution in [0.1, 0.15) is 23.7 Å². The molecule has 6 heteroatoms. The van der Waals surface area contributed by atoms with Gasteiger partial charge in [0, 0.05) is 0 Å². The molecule has 0 aliphatic carbocycles. The lowest BCUT2D eigenvalue weighted by Crippen LogP contribution is -2.20. The molecular weight excluding hydrogens is 229 g/mol. The van der Waals surface area contributed by atoms with Crippen LogP contribution in [0.15, 0.2) is 18.2 Å². The van der Waals surface area contributed by atoms with Gasteiger partial charge in [-0.15, -0.1) is 0 Å². The Bertz CT molecular complexity index is 447. The minimum absolute atomic E-state index is 0.0498. The predicted molar refractivity (Wildman–Crippen MR) is 57.3 cm³/mol. The van der Waals surface area contributed by atoms with Crippen molar-refractivity contribution in [2.75, 3.05) is 0 Å². The fraction of sp³-hybridized carbons (Fsp3) is 0.273. The van der Waals surface area contributed by atoms with Crippen LogP contribution in [0.3, 0.4) is 0 Å². The number of primary amides is 1. The molecule has 0 bridgehead atoms. The van der Waals surface area contributed by atoms with Crippen LogP contribution < -0.4 is 10.5 Å². The van der Waals surface area contributed by atoms with Gasteiger partial charge >= 0.3 is 5.97 Å². The van der Waals surface area contributed by atoms with Crippen molar-refractivity contribution < 1.29 is 23.8 Å². The van der Waals surface area contributed by atoms with Gasteiger partial charge in [0.05, 0.1) is 6.42 Å². The Hall–Kier alpha value is -2.11. The van der Waals surface area contributed by atoms with Crippen molar-refractivity contribution in [1.29, 1.82) is 0 Å². The van der Waals surface area contributed by atoms with Crippen molar-refractivity contribution in [1.82, 2.24) is 0 Å². The van der Waals surface area contributed by atoms with E-state index in [1.807, 2.05) is 0 Å². The minimum Gasteiger partial charge on any atom is -0.489 e. The van der Waals surface area contributed by atoms with Gasteiger partial charge in [-0.25, -0.2) is 4.39 Å². The highest BCUT2D eigenvalue weighted by atomic mass is 19.1. The van der Waals surface area contributed by atoms with Gasteiger partial charge in [-0.3, -0.25) is 9.59 Å². The number of ether oxygens (including phenoxy) is 1.